The molecule has 1 aromatic carbocycles. The van der Waals surface area contributed by atoms with Crippen LogP contribution in [-0.2, 0) is 9.47 Å². The molecule has 1 unspecified atom stereocenters. The highest BCUT2D eigenvalue weighted by atomic mass is 16.5. The van der Waals surface area contributed by atoms with E-state index in [2.05, 4.69) is 37.4 Å². The Morgan fingerprint density at radius 3 is 2.42 bits per heavy atom. The van der Waals surface area contributed by atoms with Gasteiger partial charge in [0.25, 0.3) is 0 Å². The molecule has 0 aromatic heterocycles. The van der Waals surface area contributed by atoms with Crippen LogP contribution < -0.4 is 5.32 Å². The number of hydrogen-bond donors (Lipinski definition) is 1. The second-order valence-electron chi connectivity index (χ2n) is 5.41. The smallest absolute Gasteiger partial charge is 0.0665 e. The highest BCUT2D eigenvalue weighted by Gasteiger charge is 2.17. The topological polar surface area (TPSA) is 30.5 Å². The van der Waals surface area contributed by atoms with Crippen LogP contribution >= 0.6 is 0 Å². The molecule has 3 heteroatoms. The number of nitrogens with one attached hydrogen (secondary N) is 1. The monoisotopic (exact) mass is 263 g/mol. The van der Waals surface area contributed by atoms with E-state index >= 15 is 0 Å². The minimum absolute atomic E-state index is 0.265. The summed E-state index contributed by atoms with van der Waals surface area (Å²) < 4.78 is 11.4. The molecule has 1 aliphatic rings. The van der Waals surface area contributed by atoms with Crippen LogP contribution in [0, 0.1) is 13.8 Å². The van der Waals surface area contributed by atoms with Crippen molar-refractivity contribution in [1.29, 1.82) is 0 Å². The lowest BCUT2D eigenvalue weighted by atomic mass is 10.0. The number of hydrogen-bond acceptors (Lipinski definition) is 3. The van der Waals surface area contributed by atoms with Gasteiger partial charge in [0.15, 0.2) is 0 Å². The fourth-order valence-corrected chi connectivity index (χ4v) is 2.63. The molecule has 1 N–H and O–H groups in total. The average Bonchev–Trinajstić information content (AvgIpc) is 2.39. The molecule has 19 heavy (non-hydrogen) atoms. The zero-order valence-electron chi connectivity index (χ0n) is 12.2. The van der Waals surface area contributed by atoms with Crippen LogP contribution in [-0.4, -0.2) is 33.0 Å². The molecular formula is C16H25NO2. The molecule has 0 radical (unpaired) electrons. The Bertz CT molecular complexity index is 379. The van der Waals surface area contributed by atoms with E-state index in [1.54, 1.807) is 0 Å². The first-order valence-corrected chi connectivity index (χ1v) is 7.14. The van der Waals surface area contributed by atoms with Gasteiger partial charge in [0.2, 0.25) is 0 Å². The number of aryl methyl sites for hydroxylation is 2. The third-order valence-corrected chi connectivity index (χ3v) is 3.66. The summed E-state index contributed by atoms with van der Waals surface area (Å²) in [6.07, 6.45) is 2.39. The standard InChI is InChI=1S/C16H25NO2/c1-12-8-13(2)10-14(9-12)16(17-3)11-19-15-4-6-18-7-5-15/h8-10,15-17H,4-7,11H2,1-3H3. The van der Waals surface area contributed by atoms with Gasteiger partial charge < -0.3 is 14.8 Å². The van der Waals surface area contributed by atoms with Gasteiger partial charge in [-0.3, -0.25) is 0 Å². The SMILES string of the molecule is CNC(COC1CCOCC1)c1cc(C)cc(C)c1. The van der Waals surface area contributed by atoms with Crippen molar-refractivity contribution in [1.82, 2.24) is 5.32 Å². The largest absolute Gasteiger partial charge is 0.381 e. The minimum atomic E-state index is 0.265. The van der Waals surface area contributed by atoms with Crippen LogP contribution in [0.2, 0.25) is 0 Å². The molecule has 2 rings (SSSR count). The lowest BCUT2D eigenvalue weighted by molar-refractivity contribution is -0.0378. The number of benzene rings is 1. The van der Waals surface area contributed by atoms with Crippen molar-refractivity contribution in [3.05, 3.63) is 34.9 Å². The van der Waals surface area contributed by atoms with Crippen LogP contribution in [0.25, 0.3) is 0 Å². The van der Waals surface area contributed by atoms with E-state index in [0.29, 0.717) is 6.10 Å². The molecule has 0 saturated carbocycles. The Balaban J connectivity index is 1.95. The quantitative estimate of drug-likeness (QED) is 0.886. The lowest BCUT2D eigenvalue weighted by Crippen LogP contribution is -2.29. The summed E-state index contributed by atoms with van der Waals surface area (Å²) in [6.45, 7) is 6.67. The van der Waals surface area contributed by atoms with E-state index in [1.807, 2.05) is 7.05 Å². The van der Waals surface area contributed by atoms with Gasteiger partial charge in [-0.15, -0.1) is 0 Å². The first kappa shape index (κ1) is 14.5. The Kier molecular flexibility index (Phi) is 5.37. The van der Waals surface area contributed by atoms with Crippen LogP contribution in [0.1, 0.15) is 35.6 Å². The summed E-state index contributed by atoms with van der Waals surface area (Å²) in [7, 11) is 2.00. The van der Waals surface area contributed by atoms with Crippen LogP contribution in [0.5, 0.6) is 0 Å². The van der Waals surface area contributed by atoms with E-state index < -0.39 is 0 Å². The second-order valence-corrected chi connectivity index (χ2v) is 5.41. The summed E-state index contributed by atoms with van der Waals surface area (Å²) in [5, 5.41) is 3.36. The molecule has 1 aromatic rings. The zero-order chi connectivity index (χ0) is 13.7. The van der Waals surface area contributed by atoms with Crippen LogP contribution in [0.3, 0.4) is 0 Å². The third kappa shape index (κ3) is 4.30. The van der Waals surface area contributed by atoms with Crippen molar-refractivity contribution in [3.8, 4) is 0 Å². The molecule has 106 valence electrons. The van der Waals surface area contributed by atoms with Gasteiger partial charge in [0, 0.05) is 13.2 Å². The van der Waals surface area contributed by atoms with E-state index in [-0.39, 0.29) is 6.04 Å². The molecular weight excluding hydrogens is 238 g/mol. The molecule has 0 aliphatic carbocycles. The Morgan fingerprint density at radius 1 is 1.21 bits per heavy atom. The normalized spacial score (nSPS) is 18.5. The predicted octanol–water partition coefficient (Wildman–Crippen LogP) is 2.76. The van der Waals surface area contributed by atoms with E-state index in [1.165, 1.54) is 16.7 Å². The van der Waals surface area contributed by atoms with Crippen molar-refractivity contribution in [3.63, 3.8) is 0 Å². The molecule has 3 nitrogen and oxygen atoms in total. The van der Waals surface area contributed by atoms with E-state index in [0.717, 1.165) is 32.7 Å². The van der Waals surface area contributed by atoms with Crippen molar-refractivity contribution in [2.45, 2.75) is 38.8 Å². The summed E-state index contributed by atoms with van der Waals surface area (Å²) in [5.41, 5.74) is 3.93. The highest BCUT2D eigenvalue weighted by molar-refractivity contribution is 5.30. The van der Waals surface area contributed by atoms with Crippen molar-refractivity contribution in [2.75, 3.05) is 26.9 Å². The minimum Gasteiger partial charge on any atom is -0.381 e. The van der Waals surface area contributed by atoms with Crippen molar-refractivity contribution >= 4 is 0 Å². The highest BCUT2D eigenvalue weighted by Crippen LogP contribution is 2.19. The summed E-state index contributed by atoms with van der Waals surface area (Å²) in [4.78, 5) is 0. The number of likely N-dealkylation sites (N-methyl/N-ethyl adjacent to an activating group) is 1. The summed E-state index contributed by atoms with van der Waals surface area (Å²) in [5.74, 6) is 0. The molecule has 1 heterocycles. The number of rotatable bonds is 5. The van der Waals surface area contributed by atoms with Gasteiger partial charge in [0.05, 0.1) is 18.8 Å². The third-order valence-electron chi connectivity index (χ3n) is 3.66. The maximum atomic E-state index is 6.03. The summed E-state index contributed by atoms with van der Waals surface area (Å²) in [6, 6.07) is 6.94. The van der Waals surface area contributed by atoms with Gasteiger partial charge in [-0.05, 0) is 39.3 Å². The molecule has 1 fully saturated rings. The molecule has 1 saturated heterocycles. The number of ether oxygens (including phenoxy) is 2. The fourth-order valence-electron chi connectivity index (χ4n) is 2.63. The first-order valence-electron chi connectivity index (χ1n) is 7.14. The zero-order valence-corrected chi connectivity index (χ0v) is 12.2. The van der Waals surface area contributed by atoms with E-state index in [4.69, 9.17) is 9.47 Å². The van der Waals surface area contributed by atoms with Gasteiger partial charge in [0.1, 0.15) is 0 Å². The molecule has 0 amide bonds. The van der Waals surface area contributed by atoms with Crippen molar-refractivity contribution < 1.29 is 9.47 Å². The van der Waals surface area contributed by atoms with Crippen LogP contribution in [0.15, 0.2) is 18.2 Å². The van der Waals surface area contributed by atoms with Gasteiger partial charge in [-0.25, -0.2) is 0 Å². The van der Waals surface area contributed by atoms with Crippen molar-refractivity contribution in [2.24, 2.45) is 0 Å². The van der Waals surface area contributed by atoms with Crippen LogP contribution in [0.4, 0.5) is 0 Å². The maximum Gasteiger partial charge on any atom is 0.0665 e. The Labute approximate surface area is 116 Å². The Morgan fingerprint density at radius 2 is 1.84 bits per heavy atom. The van der Waals surface area contributed by atoms with Gasteiger partial charge >= 0.3 is 0 Å². The van der Waals surface area contributed by atoms with Gasteiger partial charge in [-0.1, -0.05) is 29.3 Å². The Hall–Kier alpha value is -0.900. The predicted molar refractivity (Wildman–Crippen MR) is 77.5 cm³/mol. The maximum absolute atomic E-state index is 6.03. The lowest BCUT2D eigenvalue weighted by Gasteiger charge is -2.25. The average molecular weight is 263 g/mol. The fraction of sp³-hybridized carbons (Fsp3) is 0.625. The molecule has 1 atom stereocenters. The second kappa shape index (κ2) is 7.04. The molecule has 0 bridgehead atoms. The molecule has 1 aliphatic heterocycles. The molecule has 0 spiro atoms. The first-order chi connectivity index (χ1) is 9.19. The van der Waals surface area contributed by atoms with E-state index in [9.17, 15) is 0 Å². The van der Waals surface area contributed by atoms with Gasteiger partial charge in [-0.2, -0.15) is 0 Å². The summed E-state index contributed by atoms with van der Waals surface area (Å²) >= 11 is 0.